The summed E-state index contributed by atoms with van der Waals surface area (Å²) >= 11 is 1.50. The first-order chi connectivity index (χ1) is 8.63. The smallest absolute Gasteiger partial charge is 0.243 e. The van der Waals surface area contributed by atoms with Gasteiger partial charge in [-0.25, -0.2) is 0 Å². The van der Waals surface area contributed by atoms with Crippen molar-refractivity contribution in [2.24, 2.45) is 5.92 Å². The van der Waals surface area contributed by atoms with E-state index in [4.69, 9.17) is 0 Å². The molecule has 1 aliphatic rings. The van der Waals surface area contributed by atoms with Crippen LogP contribution in [0.5, 0.6) is 0 Å². The van der Waals surface area contributed by atoms with Gasteiger partial charge in [0.1, 0.15) is 6.04 Å². The molecule has 1 N–H and O–H groups in total. The summed E-state index contributed by atoms with van der Waals surface area (Å²) in [5.41, 5.74) is 1.74. The molecule has 6 heteroatoms. The van der Waals surface area contributed by atoms with Crippen molar-refractivity contribution in [3.8, 4) is 0 Å². The Labute approximate surface area is 110 Å². The molecule has 2 atom stereocenters. The first kappa shape index (κ1) is 13.0. The third kappa shape index (κ3) is 2.53. The fraction of sp³-hybridized carbons (Fsp3) is 0.583. The molecule has 0 saturated carbocycles. The van der Waals surface area contributed by atoms with Crippen LogP contribution >= 0.6 is 11.3 Å². The van der Waals surface area contributed by atoms with Gasteiger partial charge in [0.15, 0.2) is 0 Å². The molecule has 1 aliphatic heterocycles. The van der Waals surface area contributed by atoms with Gasteiger partial charge in [-0.2, -0.15) is 0 Å². The lowest BCUT2D eigenvalue weighted by Crippen LogP contribution is -2.60. The predicted molar refractivity (Wildman–Crippen MR) is 68.9 cm³/mol. The highest BCUT2D eigenvalue weighted by molar-refractivity contribution is 7.09. The van der Waals surface area contributed by atoms with Crippen molar-refractivity contribution in [2.75, 3.05) is 6.54 Å². The average Bonchev–Trinajstić information content (AvgIpc) is 2.86. The number of amides is 2. The van der Waals surface area contributed by atoms with Crippen LogP contribution in [0.15, 0.2) is 11.7 Å². The van der Waals surface area contributed by atoms with E-state index in [1.807, 2.05) is 13.8 Å². The van der Waals surface area contributed by atoms with Crippen molar-refractivity contribution in [2.45, 2.75) is 32.9 Å². The summed E-state index contributed by atoms with van der Waals surface area (Å²) in [4.78, 5) is 30.6. The van der Waals surface area contributed by atoms with Gasteiger partial charge in [0.05, 0.1) is 18.6 Å². The third-order valence-electron chi connectivity index (χ3n) is 3.33. The van der Waals surface area contributed by atoms with Crippen LogP contribution in [0.2, 0.25) is 0 Å². The largest absolute Gasteiger partial charge is 0.345 e. The zero-order valence-corrected chi connectivity index (χ0v) is 11.4. The number of thiazole rings is 1. The standard InChI is InChI=1S/C12H17N3O2S/c1-3-8(2)11-12(17)14-5-10(16)15(11)6-9-4-13-7-18-9/h4,7-8,11H,3,5-6H2,1-2H3,(H,14,17). The summed E-state index contributed by atoms with van der Waals surface area (Å²) in [6.45, 7) is 4.61. The minimum Gasteiger partial charge on any atom is -0.345 e. The van der Waals surface area contributed by atoms with Crippen LogP contribution in [0.1, 0.15) is 25.1 Å². The Morgan fingerprint density at radius 3 is 3.00 bits per heavy atom. The van der Waals surface area contributed by atoms with Crippen molar-refractivity contribution >= 4 is 23.2 Å². The monoisotopic (exact) mass is 267 g/mol. The zero-order valence-electron chi connectivity index (χ0n) is 10.5. The Balaban J connectivity index is 2.20. The van der Waals surface area contributed by atoms with Gasteiger partial charge in [0, 0.05) is 11.1 Å². The number of piperazine rings is 1. The second-order valence-electron chi connectivity index (χ2n) is 4.54. The van der Waals surface area contributed by atoms with E-state index < -0.39 is 0 Å². The normalized spacial score (nSPS) is 21.9. The molecule has 0 radical (unpaired) electrons. The molecule has 1 fully saturated rings. The molecule has 0 aromatic carbocycles. The van der Waals surface area contributed by atoms with Gasteiger partial charge in [-0.15, -0.1) is 11.3 Å². The highest BCUT2D eigenvalue weighted by Crippen LogP contribution is 2.21. The highest BCUT2D eigenvalue weighted by Gasteiger charge is 2.37. The molecule has 1 aromatic rings. The first-order valence-electron chi connectivity index (χ1n) is 6.08. The number of hydrogen-bond donors (Lipinski definition) is 1. The van der Waals surface area contributed by atoms with Crippen LogP contribution in [0.25, 0.3) is 0 Å². The maximum Gasteiger partial charge on any atom is 0.243 e. The Bertz CT molecular complexity index is 433. The number of nitrogens with one attached hydrogen (secondary N) is 1. The predicted octanol–water partition coefficient (Wildman–Crippen LogP) is 1.02. The molecule has 0 bridgehead atoms. The fourth-order valence-corrected chi connectivity index (χ4v) is 2.72. The van der Waals surface area contributed by atoms with E-state index in [-0.39, 0.29) is 30.3 Å². The quantitative estimate of drug-likeness (QED) is 0.886. The van der Waals surface area contributed by atoms with Gasteiger partial charge in [-0.3, -0.25) is 14.6 Å². The molecule has 2 amide bonds. The first-order valence-corrected chi connectivity index (χ1v) is 6.96. The number of carbonyl (C=O) groups excluding carboxylic acids is 2. The van der Waals surface area contributed by atoms with Crippen LogP contribution < -0.4 is 5.32 Å². The molecule has 0 aliphatic carbocycles. The van der Waals surface area contributed by atoms with Crippen LogP contribution in [0.4, 0.5) is 0 Å². The molecule has 1 saturated heterocycles. The number of rotatable bonds is 4. The number of carbonyl (C=O) groups is 2. The van der Waals surface area contributed by atoms with Crippen molar-refractivity contribution < 1.29 is 9.59 Å². The topological polar surface area (TPSA) is 62.3 Å². The summed E-state index contributed by atoms with van der Waals surface area (Å²) in [6.07, 6.45) is 2.61. The Kier molecular flexibility index (Phi) is 3.96. The van der Waals surface area contributed by atoms with Gasteiger partial charge < -0.3 is 10.2 Å². The highest BCUT2D eigenvalue weighted by atomic mass is 32.1. The number of hydrogen-bond acceptors (Lipinski definition) is 4. The van der Waals surface area contributed by atoms with Gasteiger partial charge in [0.2, 0.25) is 11.8 Å². The lowest BCUT2D eigenvalue weighted by atomic mass is 9.95. The summed E-state index contributed by atoms with van der Waals surface area (Å²) in [5.74, 6) is 0.0870. The van der Waals surface area contributed by atoms with E-state index in [9.17, 15) is 9.59 Å². The third-order valence-corrected chi connectivity index (χ3v) is 4.10. The lowest BCUT2D eigenvalue weighted by Gasteiger charge is -2.37. The zero-order chi connectivity index (χ0) is 13.1. The van der Waals surface area contributed by atoms with E-state index in [0.29, 0.717) is 6.54 Å². The van der Waals surface area contributed by atoms with Crippen LogP contribution in [0.3, 0.4) is 0 Å². The molecule has 18 heavy (non-hydrogen) atoms. The maximum atomic E-state index is 12.0. The van der Waals surface area contributed by atoms with Crippen molar-refractivity contribution in [3.63, 3.8) is 0 Å². The summed E-state index contributed by atoms with van der Waals surface area (Å²) < 4.78 is 0. The van der Waals surface area contributed by atoms with Gasteiger partial charge in [-0.1, -0.05) is 20.3 Å². The lowest BCUT2D eigenvalue weighted by molar-refractivity contribution is -0.148. The molecule has 0 spiro atoms. The molecule has 2 unspecified atom stereocenters. The Hall–Kier alpha value is -1.43. The summed E-state index contributed by atoms with van der Waals surface area (Å²) in [6, 6.07) is -0.363. The number of aromatic nitrogens is 1. The fourth-order valence-electron chi connectivity index (χ4n) is 2.13. The Morgan fingerprint density at radius 2 is 2.39 bits per heavy atom. The molecule has 2 heterocycles. The van der Waals surface area contributed by atoms with E-state index in [0.717, 1.165) is 11.3 Å². The van der Waals surface area contributed by atoms with E-state index in [1.54, 1.807) is 16.6 Å². The van der Waals surface area contributed by atoms with Crippen LogP contribution in [-0.2, 0) is 16.1 Å². The van der Waals surface area contributed by atoms with Crippen LogP contribution in [-0.4, -0.2) is 34.3 Å². The van der Waals surface area contributed by atoms with Crippen molar-refractivity contribution in [1.29, 1.82) is 0 Å². The van der Waals surface area contributed by atoms with E-state index >= 15 is 0 Å². The van der Waals surface area contributed by atoms with Gasteiger partial charge >= 0.3 is 0 Å². The van der Waals surface area contributed by atoms with E-state index in [1.165, 1.54) is 11.3 Å². The van der Waals surface area contributed by atoms with Crippen LogP contribution in [0, 0.1) is 5.92 Å². The Morgan fingerprint density at radius 1 is 1.61 bits per heavy atom. The molecule has 5 nitrogen and oxygen atoms in total. The number of nitrogens with zero attached hydrogens (tertiary/aromatic N) is 2. The SMILES string of the molecule is CCC(C)C1C(=O)NCC(=O)N1Cc1cncs1. The second-order valence-corrected chi connectivity index (χ2v) is 5.51. The van der Waals surface area contributed by atoms with Crippen molar-refractivity contribution in [1.82, 2.24) is 15.2 Å². The molecule has 1 aromatic heterocycles. The second kappa shape index (κ2) is 5.48. The molecule has 2 rings (SSSR count). The maximum absolute atomic E-state index is 12.0. The molecule has 98 valence electrons. The average molecular weight is 267 g/mol. The molecular weight excluding hydrogens is 250 g/mol. The minimum absolute atomic E-state index is 0.0201. The van der Waals surface area contributed by atoms with Gasteiger partial charge in [0.25, 0.3) is 0 Å². The van der Waals surface area contributed by atoms with Crippen molar-refractivity contribution in [3.05, 3.63) is 16.6 Å². The molecular formula is C12H17N3O2S. The summed E-state index contributed by atoms with van der Waals surface area (Å²) in [7, 11) is 0. The van der Waals surface area contributed by atoms with E-state index in [2.05, 4.69) is 10.3 Å². The summed E-state index contributed by atoms with van der Waals surface area (Å²) in [5, 5.41) is 2.66. The van der Waals surface area contributed by atoms with Gasteiger partial charge in [-0.05, 0) is 5.92 Å². The minimum atomic E-state index is -0.363.